The maximum absolute atomic E-state index is 11.8. The SMILES string of the molecule is CC(=O)Oc1cc(Cl)c(Oc2ccc(NC(=O)C(C)C)c(Br)c2)c(Cl)c1C. The average Bonchev–Trinajstić information content (AvgIpc) is 2.58. The second kappa shape index (κ2) is 8.95. The third-order valence-corrected chi connectivity index (χ3v) is 4.96. The van der Waals surface area contributed by atoms with E-state index in [0.717, 1.165) is 0 Å². The third-order valence-electron chi connectivity index (χ3n) is 3.57. The zero-order valence-corrected chi connectivity index (χ0v) is 18.3. The smallest absolute Gasteiger partial charge is 0.308 e. The van der Waals surface area contributed by atoms with E-state index >= 15 is 0 Å². The van der Waals surface area contributed by atoms with E-state index in [0.29, 0.717) is 21.5 Å². The Morgan fingerprint density at radius 3 is 2.41 bits per heavy atom. The average molecular weight is 475 g/mol. The van der Waals surface area contributed by atoms with Crippen molar-refractivity contribution < 1.29 is 19.1 Å². The summed E-state index contributed by atoms with van der Waals surface area (Å²) in [6, 6.07) is 6.56. The van der Waals surface area contributed by atoms with Crippen molar-refractivity contribution in [3.63, 3.8) is 0 Å². The molecule has 5 nitrogen and oxygen atoms in total. The molecule has 0 atom stereocenters. The van der Waals surface area contributed by atoms with E-state index in [2.05, 4.69) is 21.2 Å². The van der Waals surface area contributed by atoms with Gasteiger partial charge in [0.05, 0.1) is 15.7 Å². The van der Waals surface area contributed by atoms with Gasteiger partial charge < -0.3 is 14.8 Å². The molecule has 0 spiro atoms. The van der Waals surface area contributed by atoms with Crippen molar-refractivity contribution in [3.05, 3.63) is 44.3 Å². The Bertz CT molecular complexity index is 900. The normalized spacial score (nSPS) is 10.7. The fourth-order valence-corrected chi connectivity index (χ4v) is 3.05. The zero-order chi connectivity index (χ0) is 20.3. The molecule has 0 aliphatic heterocycles. The summed E-state index contributed by atoms with van der Waals surface area (Å²) in [4.78, 5) is 23.0. The highest BCUT2D eigenvalue weighted by molar-refractivity contribution is 9.10. The molecule has 0 unspecified atom stereocenters. The predicted octanol–water partition coefficient (Wildman–Crippen LogP) is 6.38. The van der Waals surface area contributed by atoms with Crippen LogP contribution in [0.25, 0.3) is 0 Å². The Hall–Kier alpha value is -1.76. The van der Waals surface area contributed by atoms with Crippen LogP contribution in [0.5, 0.6) is 17.2 Å². The molecule has 2 aromatic rings. The lowest BCUT2D eigenvalue weighted by molar-refractivity contribution is -0.132. The van der Waals surface area contributed by atoms with Crippen molar-refractivity contribution >= 4 is 56.7 Å². The first-order valence-electron chi connectivity index (χ1n) is 8.05. The molecule has 144 valence electrons. The van der Waals surface area contributed by atoms with Gasteiger partial charge in [0.2, 0.25) is 5.91 Å². The highest BCUT2D eigenvalue weighted by Crippen LogP contribution is 2.43. The van der Waals surface area contributed by atoms with Gasteiger partial charge >= 0.3 is 5.97 Å². The summed E-state index contributed by atoms with van der Waals surface area (Å²) in [5, 5.41) is 3.26. The number of nitrogens with one attached hydrogen (secondary N) is 1. The lowest BCUT2D eigenvalue weighted by atomic mass is 10.2. The van der Waals surface area contributed by atoms with Gasteiger partial charge in [-0.15, -0.1) is 0 Å². The minimum Gasteiger partial charge on any atom is -0.454 e. The van der Waals surface area contributed by atoms with Crippen LogP contribution in [0.15, 0.2) is 28.7 Å². The highest BCUT2D eigenvalue weighted by atomic mass is 79.9. The monoisotopic (exact) mass is 473 g/mol. The van der Waals surface area contributed by atoms with Crippen LogP contribution in [-0.2, 0) is 9.59 Å². The standard InChI is InChI=1S/C19H18BrCl2NO4/c1-9(2)19(25)23-15-6-5-12(7-13(15)20)27-18-14(21)8-16(26-11(4)24)10(3)17(18)22/h5-9H,1-4H3,(H,23,25). The number of carbonyl (C=O) groups is 2. The molecule has 0 bridgehead atoms. The lowest BCUT2D eigenvalue weighted by Crippen LogP contribution is -2.17. The number of halogens is 3. The van der Waals surface area contributed by atoms with Crippen molar-refractivity contribution in [2.24, 2.45) is 5.92 Å². The summed E-state index contributed by atoms with van der Waals surface area (Å²) < 4.78 is 11.6. The molecule has 1 amide bonds. The van der Waals surface area contributed by atoms with Crippen molar-refractivity contribution in [3.8, 4) is 17.2 Å². The molecular weight excluding hydrogens is 457 g/mol. The van der Waals surface area contributed by atoms with Gasteiger partial charge in [-0.05, 0) is 41.1 Å². The molecule has 0 saturated carbocycles. The van der Waals surface area contributed by atoms with Gasteiger partial charge in [-0.3, -0.25) is 9.59 Å². The van der Waals surface area contributed by atoms with E-state index < -0.39 is 5.97 Å². The summed E-state index contributed by atoms with van der Waals surface area (Å²) in [6.45, 7) is 6.62. The number of rotatable bonds is 5. The van der Waals surface area contributed by atoms with Gasteiger partial charge in [-0.2, -0.15) is 0 Å². The summed E-state index contributed by atoms with van der Waals surface area (Å²) in [5.41, 5.74) is 1.16. The molecule has 0 fully saturated rings. The van der Waals surface area contributed by atoms with Crippen molar-refractivity contribution in [1.82, 2.24) is 0 Å². The molecule has 0 aromatic heterocycles. The van der Waals surface area contributed by atoms with Crippen molar-refractivity contribution in [2.45, 2.75) is 27.7 Å². The van der Waals surface area contributed by atoms with Crippen LogP contribution in [0.4, 0.5) is 5.69 Å². The third kappa shape index (κ3) is 5.37. The first-order chi connectivity index (χ1) is 12.6. The second-order valence-corrected chi connectivity index (χ2v) is 7.75. The topological polar surface area (TPSA) is 64.6 Å². The number of hydrogen-bond acceptors (Lipinski definition) is 4. The van der Waals surface area contributed by atoms with E-state index in [4.69, 9.17) is 32.7 Å². The van der Waals surface area contributed by atoms with E-state index in [1.165, 1.54) is 13.0 Å². The number of anilines is 1. The number of hydrogen-bond donors (Lipinski definition) is 1. The molecule has 0 aliphatic carbocycles. The fraction of sp³-hybridized carbons (Fsp3) is 0.263. The van der Waals surface area contributed by atoms with Crippen LogP contribution in [0, 0.1) is 12.8 Å². The van der Waals surface area contributed by atoms with Gasteiger partial charge in [0.15, 0.2) is 5.75 Å². The quantitative estimate of drug-likeness (QED) is 0.403. The van der Waals surface area contributed by atoms with Crippen LogP contribution < -0.4 is 14.8 Å². The molecule has 0 saturated heterocycles. The predicted molar refractivity (Wildman–Crippen MR) is 110 cm³/mol. The fourth-order valence-electron chi connectivity index (χ4n) is 2.08. The van der Waals surface area contributed by atoms with E-state index in [1.54, 1.807) is 25.1 Å². The van der Waals surface area contributed by atoms with Gasteiger partial charge in [-0.1, -0.05) is 37.0 Å². The molecule has 0 radical (unpaired) electrons. The molecule has 1 N–H and O–H groups in total. The lowest BCUT2D eigenvalue weighted by Gasteiger charge is -2.15. The van der Waals surface area contributed by atoms with E-state index in [-0.39, 0.29) is 33.4 Å². The molecule has 2 aromatic carbocycles. The molecule has 0 aliphatic rings. The van der Waals surface area contributed by atoms with Gasteiger partial charge in [0.1, 0.15) is 11.5 Å². The maximum Gasteiger partial charge on any atom is 0.308 e. The summed E-state index contributed by atoms with van der Waals surface area (Å²) in [7, 11) is 0. The highest BCUT2D eigenvalue weighted by Gasteiger charge is 2.18. The van der Waals surface area contributed by atoms with E-state index in [9.17, 15) is 9.59 Å². The van der Waals surface area contributed by atoms with Crippen LogP contribution in [0.3, 0.4) is 0 Å². The molecule has 8 heteroatoms. The first-order valence-corrected chi connectivity index (χ1v) is 9.60. The van der Waals surface area contributed by atoms with Gasteiger partial charge in [-0.25, -0.2) is 0 Å². The zero-order valence-electron chi connectivity index (χ0n) is 15.2. The maximum atomic E-state index is 11.8. The van der Waals surface area contributed by atoms with Crippen molar-refractivity contribution in [1.29, 1.82) is 0 Å². The minimum absolute atomic E-state index is 0.0906. The van der Waals surface area contributed by atoms with Gasteiger partial charge in [0, 0.05) is 28.9 Å². The number of amides is 1. The first kappa shape index (κ1) is 21.5. The number of ether oxygens (including phenoxy) is 2. The molecule has 2 rings (SSSR count). The Morgan fingerprint density at radius 2 is 1.85 bits per heavy atom. The van der Waals surface area contributed by atoms with Crippen LogP contribution >= 0.6 is 39.1 Å². The van der Waals surface area contributed by atoms with Gasteiger partial charge in [0.25, 0.3) is 0 Å². The van der Waals surface area contributed by atoms with Crippen molar-refractivity contribution in [2.75, 3.05) is 5.32 Å². The van der Waals surface area contributed by atoms with E-state index in [1.807, 2.05) is 13.8 Å². The Balaban J connectivity index is 2.29. The Morgan fingerprint density at radius 1 is 1.19 bits per heavy atom. The molecule has 0 heterocycles. The number of esters is 1. The summed E-state index contributed by atoms with van der Waals surface area (Å²) >= 11 is 16.0. The summed E-state index contributed by atoms with van der Waals surface area (Å²) in [5.74, 6) is 0.293. The summed E-state index contributed by atoms with van der Waals surface area (Å²) in [6.07, 6.45) is 0. The molecule has 27 heavy (non-hydrogen) atoms. The second-order valence-electron chi connectivity index (χ2n) is 6.11. The van der Waals surface area contributed by atoms with Crippen LogP contribution in [0.1, 0.15) is 26.3 Å². The Kier molecular flexibility index (Phi) is 7.14. The molecular formula is C19H18BrCl2NO4. The van der Waals surface area contributed by atoms with Crippen LogP contribution in [0.2, 0.25) is 10.0 Å². The number of carbonyl (C=O) groups excluding carboxylic acids is 2. The Labute approximate surface area is 176 Å². The largest absolute Gasteiger partial charge is 0.454 e. The van der Waals surface area contributed by atoms with Crippen LogP contribution in [-0.4, -0.2) is 11.9 Å². The minimum atomic E-state index is -0.470. The number of benzene rings is 2.